The summed E-state index contributed by atoms with van der Waals surface area (Å²) in [5.74, 6) is 0.345. The fraction of sp³-hybridized carbons (Fsp3) is 0.368. The van der Waals surface area contributed by atoms with E-state index in [1.807, 2.05) is 0 Å². The number of nitrogens with one attached hydrogen (secondary N) is 1. The molecule has 1 saturated carbocycles. The van der Waals surface area contributed by atoms with Crippen molar-refractivity contribution in [2.24, 2.45) is 5.92 Å². The monoisotopic (exact) mass is 421 g/mol. The molecule has 148 valence electrons. The molecule has 28 heavy (non-hydrogen) atoms. The fourth-order valence-electron chi connectivity index (χ4n) is 4.08. The Balaban J connectivity index is 1.46. The first-order valence-corrected chi connectivity index (χ1v) is 10.8. The number of ether oxygens (including phenoxy) is 1. The van der Waals surface area contributed by atoms with Crippen LogP contribution in [0, 0.1) is 5.92 Å². The van der Waals surface area contributed by atoms with Crippen LogP contribution in [0.2, 0.25) is 5.02 Å². The highest BCUT2D eigenvalue weighted by Crippen LogP contribution is 2.41. The van der Waals surface area contributed by atoms with Gasteiger partial charge in [0, 0.05) is 31.0 Å². The van der Waals surface area contributed by atoms with E-state index in [2.05, 4.69) is 10.3 Å². The second-order valence-electron chi connectivity index (χ2n) is 7.08. The molecule has 1 aliphatic heterocycles. The van der Waals surface area contributed by atoms with Crippen LogP contribution in [-0.4, -0.2) is 49.4 Å². The van der Waals surface area contributed by atoms with Crippen molar-refractivity contribution >= 4 is 27.5 Å². The summed E-state index contributed by atoms with van der Waals surface area (Å²) in [5, 5.41) is 3.28. The lowest BCUT2D eigenvalue weighted by Gasteiger charge is -2.31. The van der Waals surface area contributed by atoms with E-state index in [9.17, 15) is 13.2 Å². The van der Waals surface area contributed by atoms with Gasteiger partial charge in [-0.1, -0.05) is 11.6 Å². The number of hydrogen-bond acceptors (Lipinski definition) is 5. The van der Waals surface area contributed by atoms with Crippen LogP contribution in [0.4, 0.5) is 0 Å². The molecule has 0 radical (unpaired) electrons. The number of hydrogen-bond donors (Lipinski definition) is 1. The van der Waals surface area contributed by atoms with Crippen molar-refractivity contribution in [1.82, 2.24) is 14.6 Å². The predicted octanol–water partition coefficient (Wildman–Crippen LogP) is 2.33. The highest BCUT2D eigenvalue weighted by atomic mass is 35.5. The van der Waals surface area contributed by atoms with Gasteiger partial charge in [-0.2, -0.15) is 4.31 Å². The Morgan fingerprint density at radius 1 is 1.32 bits per heavy atom. The third kappa shape index (κ3) is 3.36. The smallest absolute Gasteiger partial charge is 0.253 e. The molecule has 7 nitrogen and oxygen atoms in total. The van der Waals surface area contributed by atoms with Crippen LogP contribution >= 0.6 is 11.6 Å². The number of benzene rings is 1. The predicted molar refractivity (Wildman–Crippen MR) is 104 cm³/mol. The van der Waals surface area contributed by atoms with Crippen LogP contribution in [0.25, 0.3) is 0 Å². The number of methoxy groups -OCH3 is 1. The maximum absolute atomic E-state index is 13.1. The molecule has 1 N–H and O–H groups in total. The lowest BCUT2D eigenvalue weighted by molar-refractivity contribution is 0.0919. The van der Waals surface area contributed by atoms with Gasteiger partial charge < -0.3 is 10.1 Å². The molecule has 4 rings (SSSR count). The minimum absolute atomic E-state index is 0.0383. The van der Waals surface area contributed by atoms with Gasteiger partial charge in [0.2, 0.25) is 10.0 Å². The molecule has 1 amide bonds. The van der Waals surface area contributed by atoms with Gasteiger partial charge in [0.05, 0.1) is 22.6 Å². The van der Waals surface area contributed by atoms with Gasteiger partial charge in [-0.15, -0.1) is 0 Å². The summed E-state index contributed by atoms with van der Waals surface area (Å²) in [5.41, 5.74) is 0.502. The number of amides is 1. The Kier molecular flexibility index (Phi) is 5.03. The van der Waals surface area contributed by atoms with E-state index < -0.39 is 10.0 Å². The van der Waals surface area contributed by atoms with Crippen LogP contribution in [0.5, 0.6) is 5.75 Å². The van der Waals surface area contributed by atoms with Gasteiger partial charge >= 0.3 is 0 Å². The van der Waals surface area contributed by atoms with E-state index in [-0.39, 0.29) is 33.8 Å². The molecule has 2 fully saturated rings. The maximum Gasteiger partial charge on any atom is 0.253 e. The molecule has 1 saturated heterocycles. The van der Waals surface area contributed by atoms with E-state index >= 15 is 0 Å². The molecule has 9 heteroatoms. The van der Waals surface area contributed by atoms with Gasteiger partial charge in [0.15, 0.2) is 0 Å². The van der Waals surface area contributed by atoms with Gasteiger partial charge in [0.1, 0.15) is 5.75 Å². The van der Waals surface area contributed by atoms with E-state index in [0.717, 1.165) is 6.42 Å². The zero-order chi connectivity index (χ0) is 19.9. The summed E-state index contributed by atoms with van der Waals surface area (Å²) >= 11 is 6.10. The van der Waals surface area contributed by atoms with Gasteiger partial charge in [-0.3, -0.25) is 9.78 Å². The van der Waals surface area contributed by atoms with E-state index in [4.69, 9.17) is 16.3 Å². The molecular formula is C19H20ClN3O4S. The molecule has 2 bridgehead atoms. The number of carbonyl (C=O) groups is 1. The molecule has 1 aromatic heterocycles. The normalized spacial score (nSPS) is 24.3. The quantitative estimate of drug-likeness (QED) is 0.800. The van der Waals surface area contributed by atoms with E-state index in [1.165, 1.54) is 29.7 Å². The summed E-state index contributed by atoms with van der Waals surface area (Å²) in [6.07, 6.45) is 4.47. The number of aromatic nitrogens is 1. The van der Waals surface area contributed by atoms with Crippen molar-refractivity contribution in [2.45, 2.75) is 29.8 Å². The van der Waals surface area contributed by atoms with Crippen molar-refractivity contribution in [3.63, 3.8) is 0 Å². The Morgan fingerprint density at radius 2 is 2.14 bits per heavy atom. The Bertz CT molecular complexity index is 999. The van der Waals surface area contributed by atoms with Crippen LogP contribution in [0.1, 0.15) is 23.2 Å². The largest absolute Gasteiger partial charge is 0.495 e. The number of sulfonamides is 1. The first kappa shape index (κ1) is 19.2. The van der Waals surface area contributed by atoms with Crippen molar-refractivity contribution in [3.05, 3.63) is 53.3 Å². The molecule has 3 unspecified atom stereocenters. The third-order valence-corrected chi connectivity index (χ3v) is 7.67. The number of piperidine rings is 1. The Hall–Kier alpha value is -2.16. The summed E-state index contributed by atoms with van der Waals surface area (Å²) in [7, 11) is -2.17. The van der Waals surface area contributed by atoms with Gasteiger partial charge in [-0.25, -0.2) is 8.42 Å². The standard InChI is InChI=1S/C19H20ClN3O4S/c1-27-18-5-4-15(9-16(18)20)28(25,26)23-11-13-7-14(23)8-17(13)22-19(24)12-3-2-6-21-10-12/h2-6,9-10,13-14,17H,7-8,11H2,1H3,(H,22,24). The second kappa shape index (κ2) is 7.35. The number of fused-ring (bicyclic) bond motifs is 2. The maximum atomic E-state index is 13.1. The van der Waals surface area contributed by atoms with Crippen LogP contribution in [0.15, 0.2) is 47.6 Å². The number of halogens is 1. The summed E-state index contributed by atoms with van der Waals surface area (Å²) < 4.78 is 32.7. The summed E-state index contributed by atoms with van der Waals surface area (Å²) in [6.45, 7) is 0.384. The van der Waals surface area contributed by atoms with E-state index in [1.54, 1.807) is 24.4 Å². The highest BCUT2D eigenvalue weighted by Gasteiger charge is 2.49. The zero-order valence-corrected chi connectivity index (χ0v) is 16.8. The van der Waals surface area contributed by atoms with E-state index in [0.29, 0.717) is 24.3 Å². The Labute approximate surface area is 168 Å². The minimum Gasteiger partial charge on any atom is -0.495 e. The molecule has 3 atom stereocenters. The second-order valence-corrected chi connectivity index (χ2v) is 9.38. The van der Waals surface area contributed by atoms with Crippen LogP contribution in [-0.2, 0) is 10.0 Å². The highest BCUT2D eigenvalue weighted by molar-refractivity contribution is 7.89. The number of nitrogens with zero attached hydrogens (tertiary/aromatic N) is 2. The van der Waals surface area contributed by atoms with Crippen LogP contribution in [0.3, 0.4) is 0 Å². The van der Waals surface area contributed by atoms with Crippen LogP contribution < -0.4 is 10.1 Å². The topological polar surface area (TPSA) is 88.6 Å². The first-order valence-electron chi connectivity index (χ1n) is 8.96. The Morgan fingerprint density at radius 3 is 2.75 bits per heavy atom. The molecule has 1 aromatic carbocycles. The minimum atomic E-state index is -3.65. The lowest BCUT2D eigenvalue weighted by Crippen LogP contribution is -2.47. The average Bonchev–Trinajstić information content (AvgIpc) is 3.29. The van der Waals surface area contributed by atoms with Gasteiger partial charge in [0.25, 0.3) is 5.91 Å². The lowest BCUT2D eigenvalue weighted by atomic mass is 10.0. The molecule has 0 spiro atoms. The third-order valence-electron chi connectivity index (χ3n) is 5.46. The van der Waals surface area contributed by atoms with Crippen molar-refractivity contribution in [2.75, 3.05) is 13.7 Å². The number of pyridine rings is 1. The van der Waals surface area contributed by atoms with Crippen molar-refractivity contribution in [3.8, 4) is 5.75 Å². The molecule has 1 aliphatic carbocycles. The molecule has 2 aromatic rings. The van der Waals surface area contributed by atoms with Crippen molar-refractivity contribution < 1.29 is 17.9 Å². The summed E-state index contributed by atoms with van der Waals surface area (Å²) in [6, 6.07) is 7.74. The molecule has 2 aliphatic rings. The average molecular weight is 422 g/mol. The number of carbonyl (C=O) groups excluding carboxylic acids is 1. The molecule has 2 heterocycles. The van der Waals surface area contributed by atoms with Crippen molar-refractivity contribution in [1.29, 1.82) is 0 Å². The first-order chi connectivity index (χ1) is 13.4. The van der Waals surface area contributed by atoms with Gasteiger partial charge in [-0.05, 0) is 49.1 Å². The number of rotatable bonds is 5. The molecular weight excluding hydrogens is 402 g/mol. The summed E-state index contributed by atoms with van der Waals surface area (Å²) in [4.78, 5) is 16.5. The zero-order valence-electron chi connectivity index (χ0n) is 15.2. The SMILES string of the molecule is COc1ccc(S(=O)(=O)N2CC3CC2CC3NC(=O)c2cccnc2)cc1Cl. The fourth-order valence-corrected chi connectivity index (χ4v) is 6.13.